The Morgan fingerprint density at radius 3 is 2.36 bits per heavy atom. The maximum absolute atomic E-state index is 13.9. The fourth-order valence-corrected chi connectivity index (χ4v) is 8.21. The number of non-ortho nitro benzene ring substituents is 1. The van der Waals surface area contributed by atoms with Gasteiger partial charge < -0.3 is 5.32 Å². The number of aromatic nitrogens is 1. The zero-order valence-electron chi connectivity index (χ0n) is 21.9. The Bertz CT molecular complexity index is 1820. The number of fused-ring (bicyclic) bond motifs is 2. The topological polar surface area (TPSA) is 132 Å². The van der Waals surface area contributed by atoms with E-state index in [0.717, 1.165) is 33.6 Å². The highest BCUT2D eigenvalue weighted by molar-refractivity contribution is 8.00. The minimum absolute atomic E-state index is 0.168. The maximum atomic E-state index is 13.9. The third kappa shape index (κ3) is 4.81. The standard InChI is InChI=1S/C29H21ClN4O6S2/c1-15-4-2-3-5-20(15)31-21(35)14-32-28-25(42-29(32)38)22(16-6-8-17(30)9-7-16)23-24(41-28)27(37)33(26(23)36)18-10-12-19(13-11-18)34(39)40/h2-13,22-24H,14H2,1H3,(H,31,35)/t22-,23?,24?/m1/s1. The number of nitro benzene ring substituents is 1. The van der Waals surface area contributed by atoms with Crippen LogP contribution in [0.3, 0.4) is 0 Å². The number of nitro groups is 1. The summed E-state index contributed by atoms with van der Waals surface area (Å²) in [4.78, 5) is 65.9. The molecule has 3 atom stereocenters. The molecule has 1 saturated heterocycles. The van der Waals surface area contributed by atoms with E-state index in [1.54, 1.807) is 36.4 Å². The summed E-state index contributed by atoms with van der Waals surface area (Å²) in [5.74, 6) is -2.87. The number of hydrogen-bond donors (Lipinski definition) is 1. The molecule has 13 heteroatoms. The van der Waals surface area contributed by atoms with Crippen LogP contribution in [-0.2, 0) is 20.9 Å². The molecule has 10 nitrogen and oxygen atoms in total. The van der Waals surface area contributed by atoms with Gasteiger partial charge >= 0.3 is 4.87 Å². The van der Waals surface area contributed by atoms with Crippen LogP contribution in [0.25, 0.3) is 0 Å². The van der Waals surface area contributed by atoms with Gasteiger partial charge in [0.15, 0.2) is 0 Å². The van der Waals surface area contributed by atoms with Crippen molar-refractivity contribution in [2.45, 2.75) is 29.7 Å². The van der Waals surface area contributed by atoms with Crippen molar-refractivity contribution in [1.29, 1.82) is 0 Å². The molecule has 3 aromatic carbocycles. The number of rotatable bonds is 6. The molecule has 0 bridgehead atoms. The van der Waals surface area contributed by atoms with Crippen molar-refractivity contribution >= 4 is 69.5 Å². The van der Waals surface area contributed by atoms with E-state index < -0.39 is 39.7 Å². The van der Waals surface area contributed by atoms with Crippen LogP contribution in [-0.4, -0.2) is 32.5 Å². The summed E-state index contributed by atoms with van der Waals surface area (Å²) in [5, 5.41) is 14.0. The summed E-state index contributed by atoms with van der Waals surface area (Å²) in [6, 6.07) is 19.4. The van der Waals surface area contributed by atoms with Crippen LogP contribution in [0.5, 0.6) is 0 Å². The first-order valence-corrected chi connectivity index (χ1v) is 14.8. The largest absolute Gasteiger partial charge is 0.324 e. The number of thioether (sulfide) groups is 1. The number of imide groups is 1. The maximum Gasteiger partial charge on any atom is 0.308 e. The number of anilines is 2. The molecule has 1 N–H and O–H groups in total. The van der Waals surface area contributed by atoms with Crippen LogP contribution in [0.2, 0.25) is 5.02 Å². The number of halogens is 1. The molecule has 212 valence electrons. The number of benzene rings is 3. The van der Waals surface area contributed by atoms with Crippen molar-refractivity contribution in [3.8, 4) is 0 Å². The third-order valence-corrected chi connectivity index (χ3v) is 10.2. The fraction of sp³-hybridized carbons (Fsp3) is 0.172. The minimum Gasteiger partial charge on any atom is -0.324 e. The van der Waals surface area contributed by atoms with E-state index in [1.165, 1.54) is 28.8 Å². The van der Waals surface area contributed by atoms with E-state index in [-0.39, 0.29) is 22.8 Å². The molecule has 0 radical (unpaired) electrons. The summed E-state index contributed by atoms with van der Waals surface area (Å²) in [7, 11) is 0. The zero-order valence-corrected chi connectivity index (χ0v) is 24.2. The molecular weight excluding hydrogens is 600 g/mol. The van der Waals surface area contributed by atoms with E-state index in [1.807, 2.05) is 19.1 Å². The molecule has 0 aliphatic carbocycles. The molecule has 1 fully saturated rings. The number of nitrogens with zero attached hydrogens (tertiary/aromatic N) is 3. The minimum atomic E-state index is -0.888. The second-order valence-corrected chi connectivity index (χ2v) is 12.4. The number of carbonyl (C=O) groups is 3. The average Bonchev–Trinajstić information content (AvgIpc) is 3.41. The van der Waals surface area contributed by atoms with Crippen molar-refractivity contribution in [3.63, 3.8) is 0 Å². The van der Waals surface area contributed by atoms with Crippen LogP contribution in [0.4, 0.5) is 17.1 Å². The summed E-state index contributed by atoms with van der Waals surface area (Å²) in [6.45, 7) is 1.59. The number of carbonyl (C=O) groups excluding carboxylic acids is 3. The highest BCUT2D eigenvalue weighted by Gasteiger charge is 2.56. The molecule has 4 aromatic rings. The van der Waals surface area contributed by atoms with E-state index in [4.69, 9.17) is 11.6 Å². The molecule has 6 rings (SSSR count). The van der Waals surface area contributed by atoms with E-state index in [2.05, 4.69) is 5.32 Å². The van der Waals surface area contributed by atoms with Crippen LogP contribution in [0.15, 0.2) is 82.6 Å². The highest BCUT2D eigenvalue weighted by atomic mass is 35.5. The number of thiazole rings is 1. The normalized spacial score (nSPS) is 19.4. The fourth-order valence-electron chi connectivity index (χ4n) is 5.31. The molecule has 2 unspecified atom stereocenters. The molecule has 0 saturated carbocycles. The van der Waals surface area contributed by atoms with Gasteiger partial charge in [0.05, 0.1) is 21.6 Å². The van der Waals surface area contributed by atoms with Crippen molar-refractivity contribution < 1.29 is 19.3 Å². The Morgan fingerprint density at radius 2 is 1.69 bits per heavy atom. The Balaban J connectivity index is 1.40. The van der Waals surface area contributed by atoms with E-state index >= 15 is 0 Å². The quantitative estimate of drug-likeness (QED) is 0.178. The van der Waals surface area contributed by atoms with Crippen LogP contribution < -0.4 is 15.1 Å². The Kier molecular flexibility index (Phi) is 7.21. The van der Waals surface area contributed by atoms with Crippen LogP contribution >= 0.6 is 34.7 Å². The molecule has 0 spiro atoms. The zero-order chi connectivity index (χ0) is 29.7. The van der Waals surface area contributed by atoms with Gasteiger partial charge in [0, 0.05) is 33.6 Å². The van der Waals surface area contributed by atoms with Gasteiger partial charge in [-0.2, -0.15) is 0 Å². The molecule has 2 aliphatic heterocycles. The first-order valence-electron chi connectivity index (χ1n) is 12.8. The lowest BCUT2D eigenvalue weighted by atomic mass is 9.83. The molecule has 3 amide bonds. The van der Waals surface area contributed by atoms with Gasteiger partial charge in [-0.15, -0.1) is 0 Å². The molecular formula is C29H21ClN4O6S2. The highest BCUT2D eigenvalue weighted by Crippen LogP contribution is 2.54. The predicted octanol–water partition coefficient (Wildman–Crippen LogP) is 5.21. The smallest absolute Gasteiger partial charge is 0.308 e. The first kappa shape index (κ1) is 27.9. The third-order valence-electron chi connectivity index (χ3n) is 7.32. The lowest BCUT2D eigenvalue weighted by molar-refractivity contribution is -0.384. The van der Waals surface area contributed by atoms with Gasteiger partial charge in [-0.3, -0.25) is 33.9 Å². The van der Waals surface area contributed by atoms with Gasteiger partial charge in [-0.05, 0) is 48.4 Å². The van der Waals surface area contributed by atoms with Crippen molar-refractivity contribution in [2.75, 3.05) is 10.2 Å². The molecule has 42 heavy (non-hydrogen) atoms. The summed E-state index contributed by atoms with van der Waals surface area (Å²) >= 11 is 8.18. The summed E-state index contributed by atoms with van der Waals surface area (Å²) < 4.78 is 1.35. The van der Waals surface area contributed by atoms with Gasteiger partial charge in [-0.25, -0.2) is 4.90 Å². The summed E-state index contributed by atoms with van der Waals surface area (Å²) in [5.41, 5.74) is 2.24. The SMILES string of the molecule is Cc1ccccc1NC(=O)Cn1c2c(sc1=O)[C@H](c1ccc(Cl)cc1)C1C(=O)N(c3ccc([N+](=O)[O-])cc3)C(=O)C1S2. The van der Waals surface area contributed by atoms with Gasteiger partial charge in [-0.1, -0.05) is 65.0 Å². The molecule has 1 aromatic heterocycles. The van der Waals surface area contributed by atoms with Crippen molar-refractivity contribution in [2.24, 2.45) is 5.92 Å². The van der Waals surface area contributed by atoms with Gasteiger partial charge in [0.25, 0.3) is 5.69 Å². The second kappa shape index (κ2) is 10.9. The van der Waals surface area contributed by atoms with Crippen molar-refractivity contribution in [3.05, 3.63) is 114 Å². The summed E-state index contributed by atoms with van der Waals surface area (Å²) in [6.07, 6.45) is 0. The van der Waals surface area contributed by atoms with Crippen LogP contribution in [0.1, 0.15) is 21.9 Å². The van der Waals surface area contributed by atoms with Crippen molar-refractivity contribution in [1.82, 2.24) is 4.57 Å². The molecule has 3 heterocycles. The Hall–Kier alpha value is -4.26. The Labute approximate surface area is 252 Å². The number of para-hydroxylation sites is 1. The Morgan fingerprint density at radius 1 is 1.00 bits per heavy atom. The van der Waals surface area contributed by atoms with Gasteiger partial charge in [0.2, 0.25) is 17.7 Å². The second-order valence-electron chi connectivity index (χ2n) is 9.87. The first-order chi connectivity index (χ1) is 20.1. The number of amides is 3. The predicted molar refractivity (Wildman–Crippen MR) is 160 cm³/mol. The van der Waals surface area contributed by atoms with Gasteiger partial charge in [0.1, 0.15) is 11.8 Å². The monoisotopic (exact) mass is 620 g/mol. The average molecular weight is 621 g/mol. The number of aryl methyl sites for hydroxylation is 1. The number of nitrogens with one attached hydrogen (secondary N) is 1. The van der Waals surface area contributed by atoms with E-state index in [0.29, 0.717) is 26.2 Å². The van der Waals surface area contributed by atoms with E-state index in [9.17, 15) is 29.3 Å². The number of hydrogen-bond acceptors (Lipinski definition) is 8. The lowest BCUT2D eigenvalue weighted by Crippen LogP contribution is -2.33. The van der Waals surface area contributed by atoms with Crippen LogP contribution in [0, 0.1) is 23.0 Å². The molecule has 2 aliphatic rings. The lowest BCUT2D eigenvalue weighted by Gasteiger charge is -2.30.